The molecule has 0 saturated heterocycles. The number of para-hydroxylation sites is 1. The van der Waals surface area contributed by atoms with E-state index in [4.69, 9.17) is 5.26 Å². The van der Waals surface area contributed by atoms with Gasteiger partial charge in [0.15, 0.2) is 0 Å². The van der Waals surface area contributed by atoms with E-state index < -0.39 is 0 Å². The molecule has 24 heavy (non-hydrogen) atoms. The Morgan fingerprint density at radius 2 is 1.75 bits per heavy atom. The van der Waals surface area contributed by atoms with Gasteiger partial charge in [-0.05, 0) is 75.3 Å². The van der Waals surface area contributed by atoms with E-state index in [0.717, 1.165) is 17.8 Å². The summed E-state index contributed by atoms with van der Waals surface area (Å²) in [6.07, 6.45) is 7.88. The quantitative estimate of drug-likeness (QED) is 0.892. The summed E-state index contributed by atoms with van der Waals surface area (Å²) in [6.45, 7) is 1.95. The number of nitrogens with zero attached hydrogens (tertiary/aromatic N) is 1. The normalized spacial score (nSPS) is 34.6. The maximum absolute atomic E-state index is 12.6. The summed E-state index contributed by atoms with van der Waals surface area (Å²) in [7, 11) is 0. The molecule has 4 saturated carbocycles. The van der Waals surface area contributed by atoms with Gasteiger partial charge in [-0.1, -0.05) is 12.1 Å². The fourth-order valence-corrected chi connectivity index (χ4v) is 5.74. The van der Waals surface area contributed by atoms with Crippen LogP contribution >= 0.6 is 0 Å². The van der Waals surface area contributed by atoms with Crippen LogP contribution in [0.15, 0.2) is 24.3 Å². The molecule has 2 N–H and O–H groups in total. The van der Waals surface area contributed by atoms with Crippen molar-refractivity contribution in [3.8, 4) is 6.07 Å². The van der Waals surface area contributed by atoms with Crippen molar-refractivity contribution in [1.29, 1.82) is 5.26 Å². The summed E-state index contributed by atoms with van der Waals surface area (Å²) < 4.78 is 0. The number of hydrogen-bond donors (Lipinski definition) is 2. The first kappa shape index (κ1) is 15.7. The molecule has 4 heteroatoms. The minimum Gasteiger partial charge on any atom is -0.324 e. The Morgan fingerprint density at radius 3 is 2.33 bits per heavy atom. The summed E-state index contributed by atoms with van der Waals surface area (Å²) >= 11 is 0. The Balaban J connectivity index is 1.44. The monoisotopic (exact) mass is 323 g/mol. The second-order valence-electron chi connectivity index (χ2n) is 8.21. The van der Waals surface area contributed by atoms with Crippen LogP contribution in [0, 0.1) is 29.1 Å². The average Bonchev–Trinajstić information content (AvgIpc) is 2.53. The smallest absolute Gasteiger partial charge is 0.241 e. The standard InChI is InChI=1S/C20H25N3O/c1-13(19(24)22-18-5-3-2-4-17(18)12-21)23-20-9-14-6-15(10-20)8-16(7-14)11-20/h2-5,13-16,23H,6-11H2,1H3,(H,22,24)/t13-,14?,15?,16?,20?/m0/s1. The van der Waals surface area contributed by atoms with Gasteiger partial charge < -0.3 is 10.6 Å². The summed E-state index contributed by atoms with van der Waals surface area (Å²) in [5.74, 6) is 2.53. The lowest BCUT2D eigenvalue weighted by atomic mass is 9.53. The molecule has 4 bridgehead atoms. The van der Waals surface area contributed by atoms with Crippen molar-refractivity contribution in [2.75, 3.05) is 5.32 Å². The lowest BCUT2D eigenvalue weighted by molar-refractivity contribution is -0.119. The first-order chi connectivity index (χ1) is 11.6. The highest BCUT2D eigenvalue weighted by atomic mass is 16.2. The van der Waals surface area contributed by atoms with Crippen molar-refractivity contribution in [3.05, 3.63) is 29.8 Å². The molecule has 0 aliphatic heterocycles. The molecule has 1 aromatic carbocycles. The van der Waals surface area contributed by atoms with Gasteiger partial charge in [0.1, 0.15) is 6.07 Å². The molecular formula is C20H25N3O. The van der Waals surface area contributed by atoms with Crippen LogP contribution in [0.2, 0.25) is 0 Å². The van der Waals surface area contributed by atoms with E-state index in [9.17, 15) is 4.79 Å². The third-order valence-electron chi connectivity index (χ3n) is 6.26. The Morgan fingerprint density at radius 1 is 1.17 bits per heavy atom. The molecule has 0 radical (unpaired) electrons. The van der Waals surface area contributed by atoms with Gasteiger partial charge in [0.2, 0.25) is 5.91 Å². The molecule has 4 aliphatic rings. The van der Waals surface area contributed by atoms with Crippen LogP contribution in [-0.4, -0.2) is 17.5 Å². The van der Waals surface area contributed by atoms with Crippen molar-refractivity contribution >= 4 is 11.6 Å². The SMILES string of the molecule is C[C@H](NC12CC3CC(CC(C3)C1)C2)C(=O)Nc1ccccc1C#N. The van der Waals surface area contributed by atoms with Gasteiger partial charge in [-0.15, -0.1) is 0 Å². The fourth-order valence-electron chi connectivity index (χ4n) is 5.74. The number of rotatable bonds is 4. The molecule has 4 nitrogen and oxygen atoms in total. The van der Waals surface area contributed by atoms with Crippen LogP contribution in [-0.2, 0) is 4.79 Å². The molecule has 0 aromatic heterocycles. The predicted octanol–water partition coefficient (Wildman–Crippen LogP) is 3.44. The zero-order valence-electron chi connectivity index (χ0n) is 14.2. The van der Waals surface area contributed by atoms with Crippen molar-refractivity contribution in [3.63, 3.8) is 0 Å². The van der Waals surface area contributed by atoms with Crippen LogP contribution in [0.4, 0.5) is 5.69 Å². The summed E-state index contributed by atoms with van der Waals surface area (Å²) in [6, 6.07) is 9.06. The van der Waals surface area contributed by atoms with Crippen molar-refractivity contribution in [2.24, 2.45) is 17.8 Å². The van der Waals surface area contributed by atoms with E-state index in [2.05, 4.69) is 16.7 Å². The number of nitriles is 1. The Labute approximate surface area is 143 Å². The number of carbonyl (C=O) groups is 1. The van der Waals surface area contributed by atoms with Gasteiger partial charge in [-0.25, -0.2) is 0 Å². The van der Waals surface area contributed by atoms with Crippen LogP contribution in [0.1, 0.15) is 51.0 Å². The van der Waals surface area contributed by atoms with Crippen molar-refractivity contribution < 1.29 is 4.79 Å². The largest absolute Gasteiger partial charge is 0.324 e. The highest BCUT2D eigenvalue weighted by molar-refractivity contribution is 5.95. The Hall–Kier alpha value is -1.86. The van der Waals surface area contributed by atoms with E-state index in [1.165, 1.54) is 38.5 Å². The molecule has 5 rings (SSSR count). The topological polar surface area (TPSA) is 64.9 Å². The van der Waals surface area contributed by atoms with Crippen LogP contribution in [0.5, 0.6) is 0 Å². The maximum Gasteiger partial charge on any atom is 0.241 e. The van der Waals surface area contributed by atoms with Gasteiger partial charge >= 0.3 is 0 Å². The van der Waals surface area contributed by atoms with E-state index >= 15 is 0 Å². The summed E-state index contributed by atoms with van der Waals surface area (Å²) in [4.78, 5) is 12.6. The highest BCUT2D eigenvalue weighted by Gasteiger charge is 2.51. The van der Waals surface area contributed by atoms with E-state index in [1.54, 1.807) is 12.1 Å². The molecule has 4 aliphatic carbocycles. The first-order valence-corrected chi connectivity index (χ1v) is 9.14. The predicted molar refractivity (Wildman–Crippen MR) is 93.3 cm³/mol. The molecule has 0 unspecified atom stereocenters. The lowest BCUT2D eigenvalue weighted by Crippen LogP contribution is -2.62. The average molecular weight is 323 g/mol. The molecule has 126 valence electrons. The third kappa shape index (κ3) is 2.82. The Kier molecular flexibility index (Phi) is 3.85. The maximum atomic E-state index is 12.6. The van der Waals surface area contributed by atoms with Gasteiger partial charge in [-0.2, -0.15) is 5.26 Å². The molecule has 1 aromatic rings. The molecule has 1 amide bonds. The number of benzene rings is 1. The van der Waals surface area contributed by atoms with Gasteiger partial charge in [0.05, 0.1) is 17.3 Å². The van der Waals surface area contributed by atoms with E-state index in [0.29, 0.717) is 11.3 Å². The molecule has 0 heterocycles. The number of anilines is 1. The van der Waals surface area contributed by atoms with Gasteiger partial charge in [0, 0.05) is 5.54 Å². The highest BCUT2D eigenvalue weighted by Crippen LogP contribution is 2.55. The van der Waals surface area contributed by atoms with Crippen molar-refractivity contribution in [2.45, 2.75) is 57.0 Å². The van der Waals surface area contributed by atoms with Crippen LogP contribution < -0.4 is 10.6 Å². The second-order valence-corrected chi connectivity index (χ2v) is 8.21. The summed E-state index contributed by atoms with van der Waals surface area (Å²) in [5.41, 5.74) is 1.28. The number of nitrogens with one attached hydrogen (secondary N) is 2. The second kappa shape index (κ2) is 5.89. The molecule has 4 fully saturated rings. The lowest BCUT2D eigenvalue weighted by Gasteiger charge is -2.57. The van der Waals surface area contributed by atoms with E-state index in [1.807, 2.05) is 19.1 Å². The van der Waals surface area contributed by atoms with E-state index in [-0.39, 0.29) is 17.5 Å². The minimum absolute atomic E-state index is 0.0477. The molecule has 1 atom stereocenters. The zero-order chi connectivity index (χ0) is 16.7. The van der Waals surface area contributed by atoms with Crippen LogP contribution in [0.3, 0.4) is 0 Å². The third-order valence-corrected chi connectivity index (χ3v) is 6.26. The summed E-state index contributed by atoms with van der Waals surface area (Å²) in [5, 5.41) is 15.8. The van der Waals surface area contributed by atoms with Gasteiger partial charge in [0.25, 0.3) is 0 Å². The zero-order valence-corrected chi connectivity index (χ0v) is 14.2. The van der Waals surface area contributed by atoms with Crippen molar-refractivity contribution in [1.82, 2.24) is 5.32 Å². The fraction of sp³-hybridized carbons (Fsp3) is 0.600. The number of carbonyl (C=O) groups excluding carboxylic acids is 1. The molecular weight excluding hydrogens is 298 g/mol. The van der Waals surface area contributed by atoms with Gasteiger partial charge in [-0.3, -0.25) is 4.79 Å². The number of hydrogen-bond acceptors (Lipinski definition) is 3. The first-order valence-electron chi connectivity index (χ1n) is 9.14. The molecule has 0 spiro atoms. The van der Waals surface area contributed by atoms with Crippen LogP contribution in [0.25, 0.3) is 0 Å². The number of amides is 1. The Bertz CT molecular complexity index is 655. The minimum atomic E-state index is -0.243.